The maximum atomic E-state index is 13.8. The summed E-state index contributed by atoms with van der Waals surface area (Å²) >= 11 is 0. The van der Waals surface area contributed by atoms with Crippen molar-refractivity contribution in [3.63, 3.8) is 0 Å². The Labute approximate surface area is 263 Å². The Morgan fingerprint density at radius 1 is 1.02 bits per heavy atom. The summed E-state index contributed by atoms with van der Waals surface area (Å²) in [6, 6.07) is 22.5. The number of aliphatic hydroxyl groups excluding tert-OH is 1. The van der Waals surface area contributed by atoms with Gasteiger partial charge in [0.15, 0.2) is 6.10 Å². The standard InChI is InChI=1S/C36H40N2O7/c1-5-17-42-33(35(40)38-29(22-44-36(38)41)21-26-12-8-6-9-13-26)31(39)28-19-23(2)32(24(3)20-28)43-18-16-30-25(4)45-34(37-30)27-14-10-7-11-15-27/h6-15,19-20,29,31,33,39H,5,16-18,21-22H2,1-4H3/t29-,31?,33-/m0/s1. The monoisotopic (exact) mass is 612 g/mol. The fourth-order valence-electron chi connectivity index (χ4n) is 5.62. The van der Waals surface area contributed by atoms with Gasteiger partial charge in [0.1, 0.15) is 24.2 Å². The molecular weight excluding hydrogens is 572 g/mol. The smallest absolute Gasteiger partial charge is 0.417 e. The average Bonchev–Trinajstić information content (AvgIpc) is 3.60. The van der Waals surface area contributed by atoms with Crippen LogP contribution in [0.5, 0.6) is 5.75 Å². The quantitative estimate of drug-likeness (QED) is 0.187. The van der Waals surface area contributed by atoms with Crippen LogP contribution in [0, 0.1) is 20.8 Å². The third-order valence-corrected chi connectivity index (χ3v) is 7.87. The van der Waals surface area contributed by atoms with E-state index < -0.39 is 30.3 Å². The molecule has 0 radical (unpaired) electrons. The van der Waals surface area contributed by atoms with Crippen LogP contribution in [0.4, 0.5) is 4.79 Å². The lowest BCUT2D eigenvalue weighted by Gasteiger charge is -2.28. The number of carbonyl (C=O) groups excluding carboxylic acids is 2. The number of aliphatic hydroxyl groups is 1. The molecule has 2 heterocycles. The number of hydrogen-bond acceptors (Lipinski definition) is 8. The summed E-state index contributed by atoms with van der Waals surface area (Å²) in [6.45, 7) is 8.31. The minimum atomic E-state index is -1.31. The molecule has 1 aromatic heterocycles. The van der Waals surface area contributed by atoms with E-state index in [0.717, 1.165) is 38.6 Å². The Bertz CT molecular complexity index is 1580. The normalized spacial score (nSPS) is 16.0. The van der Waals surface area contributed by atoms with Crippen LogP contribution in [-0.4, -0.2) is 59.0 Å². The molecular formula is C36H40N2O7. The highest BCUT2D eigenvalue weighted by Crippen LogP contribution is 2.32. The first-order valence-electron chi connectivity index (χ1n) is 15.4. The highest BCUT2D eigenvalue weighted by molar-refractivity contribution is 5.96. The molecule has 2 amide bonds. The number of nitrogens with zero attached hydrogens (tertiary/aromatic N) is 2. The van der Waals surface area contributed by atoms with E-state index in [4.69, 9.17) is 18.6 Å². The predicted octanol–water partition coefficient (Wildman–Crippen LogP) is 6.31. The second kappa shape index (κ2) is 14.5. The van der Waals surface area contributed by atoms with E-state index in [1.807, 2.05) is 88.4 Å². The van der Waals surface area contributed by atoms with Crippen LogP contribution in [0.25, 0.3) is 11.5 Å². The molecule has 9 heteroatoms. The van der Waals surface area contributed by atoms with Gasteiger partial charge in [-0.05, 0) is 80.1 Å². The third-order valence-electron chi connectivity index (χ3n) is 7.87. The Balaban J connectivity index is 1.29. The number of rotatable bonds is 13. The van der Waals surface area contributed by atoms with Crippen LogP contribution in [0.1, 0.15) is 53.2 Å². The number of benzene rings is 3. The molecule has 0 bridgehead atoms. The van der Waals surface area contributed by atoms with Crippen LogP contribution < -0.4 is 4.74 Å². The van der Waals surface area contributed by atoms with Gasteiger partial charge >= 0.3 is 6.09 Å². The zero-order valence-electron chi connectivity index (χ0n) is 26.2. The van der Waals surface area contributed by atoms with Crippen molar-refractivity contribution in [3.8, 4) is 17.2 Å². The van der Waals surface area contributed by atoms with Gasteiger partial charge in [-0.3, -0.25) is 4.79 Å². The van der Waals surface area contributed by atoms with Gasteiger partial charge in [0.05, 0.1) is 18.3 Å². The first-order chi connectivity index (χ1) is 21.8. The van der Waals surface area contributed by atoms with E-state index in [1.54, 1.807) is 12.1 Å². The summed E-state index contributed by atoms with van der Waals surface area (Å²) in [6.07, 6.45) is -1.68. The van der Waals surface area contributed by atoms with E-state index in [-0.39, 0.29) is 13.2 Å². The lowest BCUT2D eigenvalue weighted by atomic mass is 9.97. The summed E-state index contributed by atoms with van der Waals surface area (Å²) in [5, 5.41) is 11.5. The van der Waals surface area contributed by atoms with E-state index in [1.165, 1.54) is 0 Å². The predicted molar refractivity (Wildman–Crippen MR) is 169 cm³/mol. The van der Waals surface area contributed by atoms with Crippen molar-refractivity contribution in [2.24, 2.45) is 0 Å². The van der Waals surface area contributed by atoms with E-state index in [9.17, 15) is 14.7 Å². The number of oxazole rings is 1. The minimum Gasteiger partial charge on any atom is -0.493 e. The molecule has 9 nitrogen and oxygen atoms in total. The van der Waals surface area contributed by atoms with E-state index in [2.05, 4.69) is 4.98 Å². The largest absolute Gasteiger partial charge is 0.493 e. The van der Waals surface area contributed by atoms with Gasteiger partial charge in [0.2, 0.25) is 5.89 Å². The zero-order chi connectivity index (χ0) is 31.9. The first kappa shape index (κ1) is 31.9. The molecule has 1 unspecified atom stereocenters. The fourth-order valence-corrected chi connectivity index (χ4v) is 5.62. The van der Waals surface area contributed by atoms with Crippen molar-refractivity contribution in [1.82, 2.24) is 9.88 Å². The molecule has 1 aliphatic heterocycles. The number of carbonyl (C=O) groups is 2. The number of cyclic esters (lactones) is 1. The molecule has 3 aromatic carbocycles. The summed E-state index contributed by atoms with van der Waals surface area (Å²) in [7, 11) is 0. The zero-order valence-corrected chi connectivity index (χ0v) is 26.2. The molecule has 1 saturated heterocycles. The van der Waals surface area contributed by atoms with Gasteiger partial charge in [-0.2, -0.15) is 0 Å². The van der Waals surface area contributed by atoms with Crippen molar-refractivity contribution in [1.29, 1.82) is 0 Å². The molecule has 0 saturated carbocycles. The molecule has 0 spiro atoms. The molecule has 45 heavy (non-hydrogen) atoms. The van der Waals surface area contributed by atoms with Gasteiger partial charge < -0.3 is 23.7 Å². The maximum absolute atomic E-state index is 13.8. The van der Waals surface area contributed by atoms with Gasteiger partial charge in [-0.25, -0.2) is 14.7 Å². The fraction of sp³-hybridized carbons (Fsp3) is 0.361. The number of ether oxygens (including phenoxy) is 3. The van der Waals surface area contributed by atoms with Crippen LogP contribution in [0.3, 0.4) is 0 Å². The van der Waals surface area contributed by atoms with Crippen LogP contribution >= 0.6 is 0 Å². The molecule has 1 N–H and O–H groups in total. The van der Waals surface area contributed by atoms with Crippen molar-refractivity contribution >= 4 is 12.0 Å². The highest BCUT2D eigenvalue weighted by atomic mass is 16.6. The number of aromatic nitrogens is 1. The van der Waals surface area contributed by atoms with Crippen molar-refractivity contribution in [2.45, 2.75) is 65.2 Å². The second-order valence-electron chi connectivity index (χ2n) is 11.3. The van der Waals surface area contributed by atoms with E-state index in [0.29, 0.717) is 43.1 Å². The van der Waals surface area contributed by atoms with Crippen molar-refractivity contribution < 1.29 is 33.3 Å². The third kappa shape index (κ3) is 7.44. The Morgan fingerprint density at radius 3 is 2.36 bits per heavy atom. The highest BCUT2D eigenvalue weighted by Gasteiger charge is 2.43. The van der Waals surface area contributed by atoms with Crippen molar-refractivity contribution in [3.05, 3.63) is 107 Å². The minimum absolute atomic E-state index is 0.0851. The second-order valence-corrected chi connectivity index (χ2v) is 11.3. The summed E-state index contributed by atoms with van der Waals surface area (Å²) in [5.41, 5.74) is 4.82. The molecule has 5 rings (SSSR count). The lowest BCUT2D eigenvalue weighted by Crippen LogP contribution is -2.48. The average molecular weight is 613 g/mol. The maximum Gasteiger partial charge on any atom is 0.417 e. The van der Waals surface area contributed by atoms with Gasteiger partial charge in [-0.1, -0.05) is 55.5 Å². The number of hydrogen-bond donors (Lipinski definition) is 1. The van der Waals surface area contributed by atoms with Gasteiger partial charge in [-0.15, -0.1) is 0 Å². The molecule has 4 aromatic rings. The van der Waals surface area contributed by atoms with Gasteiger partial charge in [0, 0.05) is 18.6 Å². The Hall–Kier alpha value is -4.47. The SMILES string of the molecule is CCCO[C@H](C(=O)N1C(=O)OC[C@@H]1Cc1ccccc1)C(O)c1cc(C)c(OCCc2nc(-c3ccccc3)oc2C)c(C)c1. The molecule has 236 valence electrons. The Kier molecular flexibility index (Phi) is 10.3. The molecule has 0 aliphatic carbocycles. The summed E-state index contributed by atoms with van der Waals surface area (Å²) in [5.74, 6) is 1.41. The molecule has 3 atom stereocenters. The summed E-state index contributed by atoms with van der Waals surface area (Å²) < 4.78 is 23.2. The number of amides is 2. The lowest BCUT2D eigenvalue weighted by molar-refractivity contribution is -0.150. The Morgan fingerprint density at radius 2 is 1.69 bits per heavy atom. The van der Waals surface area contributed by atoms with Crippen LogP contribution in [-0.2, 0) is 27.1 Å². The van der Waals surface area contributed by atoms with E-state index >= 15 is 0 Å². The van der Waals surface area contributed by atoms with Crippen molar-refractivity contribution in [2.75, 3.05) is 19.8 Å². The molecule has 1 aliphatic rings. The summed E-state index contributed by atoms with van der Waals surface area (Å²) in [4.78, 5) is 32.3. The topological polar surface area (TPSA) is 111 Å². The first-order valence-corrected chi connectivity index (χ1v) is 15.4. The molecule has 1 fully saturated rings. The number of imide groups is 1. The van der Waals surface area contributed by atoms with Gasteiger partial charge in [0.25, 0.3) is 5.91 Å². The van der Waals surface area contributed by atoms with Crippen LogP contribution in [0.2, 0.25) is 0 Å². The number of aryl methyl sites for hydroxylation is 3. The van der Waals surface area contributed by atoms with Crippen LogP contribution in [0.15, 0.2) is 77.2 Å².